The van der Waals surface area contributed by atoms with Crippen molar-refractivity contribution in [3.8, 4) is 0 Å². The van der Waals surface area contributed by atoms with Gasteiger partial charge >= 0.3 is 11.9 Å². The fourth-order valence-electron chi connectivity index (χ4n) is 2.87. The molecule has 1 aliphatic rings. The molecule has 26 heavy (non-hydrogen) atoms. The van der Waals surface area contributed by atoms with Gasteiger partial charge in [0.25, 0.3) is 5.70 Å². The predicted molar refractivity (Wildman–Crippen MR) is 90.4 cm³/mol. The van der Waals surface area contributed by atoms with E-state index in [1.54, 1.807) is 0 Å². The molecule has 0 heterocycles. The van der Waals surface area contributed by atoms with E-state index in [-0.39, 0.29) is 25.3 Å². The van der Waals surface area contributed by atoms with Crippen molar-refractivity contribution in [2.75, 3.05) is 6.61 Å². The molecule has 0 saturated heterocycles. The first kappa shape index (κ1) is 19.6. The Hall–Kier alpha value is -2.74. The standard InChI is InChI=1S/C18H21NO7/c1-12(20)24-9-8-15-16(19(22)23)10-17(18(15)26-13(2)21)25-11-14-6-4-3-5-7-14/h3-7,10,15,17-18H,8-9,11H2,1-2H3/t15-,17-,18-/m1/s1. The molecular formula is C18H21NO7. The molecular weight excluding hydrogens is 342 g/mol. The van der Waals surface area contributed by atoms with Gasteiger partial charge in [0.1, 0.15) is 12.2 Å². The second-order valence-electron chi connectivity index (χ2n) is 5.92. The van der Waals surface area contributed by atoms with E-state index in [9.17, 15) is 19.7 Å². The van der Waals surface area contributed by atoms with Gasteiger partial charge in [0.15, 0.2) is 0 Å². The van der Waals surface area contributed by atoms with Gasteiger partial charge in [-0.25, -0.2) is 0 Å². The molecule has 0 aliphatic heterocycles. The van der Waals surface area contributed by atoms with E-state index < -0.39 is 35.0 Å². The van der Waals surface area contributed by atoms with Crippen molar-refractivity contribution >= 4 is 11.9 Å². The summed E-state index contributed by atoms with van der Waals surface area (Å²) >= 11 is 0. The summed E-state index contributed by atoms with van der Waals surface area (Å²) in [6.07, 6.45) is -0.0566. The number of hydrogen-bond donors (Lipinski definition) is 0. The molecule has 0 saturated carbocycles. The zero-order valence-corrected chi connectivity index (χ0v) is 14.6. The number of carbonyl (C=O) groups is 2. The first-order valence-corrected chi connectivity index (χ1v) is 8.20. The van der Waals surface area contributed by atoms with Gasteiger partial charge in [-0.15, -0.1) is 0 Å². The SMILES string of the molecule is CC(=O)OCC[C@@H]1C([N+](=O)[O-])=C[C@@H](OCc2ccccc2)[C@@H]1OC(C)=O. The third-order valence-electron chi connectivity index (χ3n) is 3.97. The lowest BCUT2D eigenvalue weighted by Gasteiger charge is -2.24. The summed E-state index contributed by atoms with van der Waals surface area (Å²) < 4.78 is 16.0. The number of carbonyl (C=O) groups excluding carboxylic acids is 2. The number of hydrogen-bond acceptors (Lipinski definition) is 7. The summed E-state index contributed by atoms with van der Waals surface area (Å²) in [7, 11) is 0. The van der Waals surface area contributed by atoms with Gasteiger partial charge < -0.3 is 14.2 Å². The number of ether oxygens (including phenoxy) is 3. The Kier molecular flexibility index (Phi) is 6.85. The van der Waals surface area contributed by atoms with E-state index in [0.717, 1.165) is 5.56 Å². The summed E-state index contributed by atoms with van der Waals surface area (Å²) in [5.74, 6) is -1.75. The largest absolute Gasteiger partial charge is 0.466 e. The zero-order chi connectivity index (χ0) is 19.1. The minimum atomic E-state index is -0.841. The Balaban J connectivity index is 2.13. The molecule has 0 unspecified atom stereocenters. The van der Waals surface area contributed by atoms with Crippen LogP contribution in [0.15, 0.2) is 42.1 Å². The Labute approximate surface area is 150 Å². The van der Waals surface area contributed by atoms with Gasteiger partial charge in [-0.1, -0.05) is 30.3 Å². The van der Waals surface area contributed by atoms with Gasteiger partial charge in [0.2, 0.25) is 0 Å². The van der Waals surface area contributed by atoms with Gasteiger partial charge in [0.05, 0.1) is 24.1 Å². The number of nitro groups is 1. The Morgan fingerprint density at radius 1 is 1.15 bits per heavy atom. The average Bonchev–Trinajstić information content (AvgIpc) is 2.91. The quantitative estimate of drug-likeness (QED) is 0.396. The van der Waals surface area contributed by atoms with Crippen molar-refractivity contribution in [2.45, 2.75) is 39.1 Å². The summed E-state index contributed by atoms with van der Waals surface area (Å²) in [5, 5.41) is 11.4. The first-order chi connectivity index (χ1) is 12.4. The molecule has 0 spiro atoms. The highest BCUT2D eigenvalue weighted by Gasteiger charge is 2.46. The molecule has 0 amide bonds. The molecule has 0 aromatic heterocycles. The van der Waals surface area contributed by atoms with E-state index in [1.165, 1.54) is 19.9 Å². The number of nitrogens with zero attached hydrogens (tertiary/aromatic N) is 1. The van der Waals surface area contributed by atoms with Crippen molar-refractivity contribution in [3.05, 3.63) is 57.8 Å². The second-order valence-corrected chi connectivity index (χ2v) is 5.92. The normalized spacial score (nSPS) is 21.8. The lowest BCUT2D eigenvalue weighted by Crippen LogP contribution is -2.35. The van der Waals surface area contributed by atoms with Gasteiger partial charge in [-0.05, 0) is 12.0 Å². The van der Waals surface area contributed by atoms with Gasteiger partial charge in [-0.2, -0.15) is 0 Å². The van der Waals surface area contributed by atoms with Crippen LogP contribution in [0.2, 0.25) is 0 Å². The zero-order valence-electron chi connectivity index (χ0n) is 14.6. The van der Waals surface area contributed by atoms with Gasteiger partial charge in [0, 0.05) is 19.9 Å². The van der Waals surface area contributed by atoms with E-state index in [0.29, 0.717) is 0 Å². The highest BCUT2D eigenvalue weighted by atomic mass is 16.6. The minimum absolute atomic E-state index is 0.00561. The van der Waals surface area contributed by atoms with Crippen LogP contribution in [0.25, 0.3) is 0 Å². The Morgan fingerprint density at radius 2 is 1.85 bits per heavy atom. The predicted octanol–water partition coefficient (Wildman–Crippen LogP) is 2.25. The first-order valence-electron chi connectivity index (χ1n) is 8.20. The van der Waals surface area contributed by atoms with Crippen LogP contribution in [0, 0.1) is 16.0 Å². The maximum atomic E-state index is 11.5. The van der Waals surface area contributed by atoms with Crippen LogP contribution in [-0.2, 0) is 30.4 Å². The van der Waals surface area contributed by atoms with Crippen molar-refractivity contribution in [1.82, 2.24) is 0 Å². The van der Waals surface area contributed by atoms with Crippen LogP contribution in [0.4, 0.5) is 0 Å². The number of esters is 2. The van der Waals surface area contributed by atoms with Crippen LogP contribution in [0.5, 0.6) is 0 Å². The van der Waals surface area contributed by atoms with Crippen LogP contribution in [0.1, 0.15) is 25.8 Å². The summed E-state index contributed by atoms with van der Waals surface area (Å²) in [6.45, 7) is 2.71. The lowest BCUT2D eigenvalue weighted by molar-refractivity contribution is -0.434. The smallest absolute Gasteiger partial charge is 0.303 e. The Bertz CT molecular complexity index is 686. The van der Waals surface area contributed by atoms with Crippen LogP contribution in [-0.4, -0.2) is 35.7 Å². The maximum Gasteiger partial charge on any atom is 0.303 e. The minimum Gasteiger partial charge on any atom is -0.466 e. The molecule has 0 radical (unpaired) electrons. The van der Waals surface area contributed by atoms with Crippen molar-refractivity contribution < 1.29 is 28.7 Å². The maximum absolute atomic E-state index is 11.5. The molecule has 1 aliphatic carbocycles. The summed E-state index contributed by atoms with van der Waals surface area (Å²) in [5.41, 5.74) is 0.801. The highest BCUT2D eigenvalue weighted by molar-refractivity contribution is 5.66. The van der Waals surface area contributed by atoms with E-state index in [2.05, 4.69) is 0 Å². The van der Waals surface area contributed by atoms with Crippen molar-refractivity contribution in [2.24, 2.45) is 5.92 Å². The molecule has 1 aromatic rings. The van der Waals surface area contributed by atoms with E-state index in [1.807, 2.05) is 30.3 Å². The summed E-state index contributed by atoms with van der Waals surface area (Å²) in [4.78, 5) is 33.3. The number of rotatable bonds is 8. The molecule has 3 atom stereocenters. The lowest BCUT2D eigenvalue weighted by atomic mass is 9.99. The van der Waals surface area contributed by atoms with Crippen LogP contribution >= 0.6 is 0 Å². The van der Waals surface area contributed by atoms with Crippen LogP contribution < -0.4 is 0 Å². The fraction of sp³-hybridized carbons (Fsp3) is 0.444. The highest BCUT2D eigenvalue weighted by Crippen LogP contribution is 2.34. The molecule has 0 fully saturated rings. The van der Waals surface area contributed by atoms with Crippen molar-refractivity contribution in [1.29, 1.82) is 0 Å². The van der Waals surface area contributed by atoms with E-state index >= 15 is 0 Å². The fourth-order valence-corrected chi connectivity index (χ4v) is 2.87. The third-order valence-corrected chi connectivity index (χ3v) is 3.97. The number of benzene rings is 1. The monoisotopic (exact) mass is 363 g/mol. The average molecular weight is 363 g/mol. The van der Waals surface area contributed by atoms with Crippen LogP contribution in [0.3, 0.4) is 0 Å². The molecule has 2 rings (SSSR count). The molecule has 8 heteroatoms. The topological polar surface area (TPSA) is 105 Å². The molecule has 8 nitrogen and oxygen atoms in total. The van der Waals surface area contributed by atoms with Gasteiger partial charge in [-0.3, -0.25) is 19.7 Å². The van der Waals surface area contributed by atoms with Crippen molar-refractivity contribution in [3.63, 3.8) is 0 Å². The molecule has 1 aromatic carbocycles. The molecule has 140 valence electrons. The molecule has 0 bridgehead atoms. The van der Waals surface area contributed by atoms with E-state index in [4.69, 9.17) is 14.2 Å². The second kappa shape index (κ2) is 9.10. The molecule has 0 N–H and O–H groups in total. The Morgan fingerprint density at radius 3 is 2.42 bits per heavy atom. The summed E-state index contributed by atoms with van der Waals surface area (Å²) in [6, 6.07) is 9.32. The third kappa shape index (κ3) is 5.38.